The van der Waals surface area contributed by atoms with E-state index < -0.39 is 11.9 Å². The van der Waals surface area contributed by atoms with Gasteiger partial charge in [-0.3, -0.25) is 10.1 Å². The summed E-state index contributed by atoms with van der Waals surface area (Å²) in [6.45, 7) is 2.45. The second-order valence-electron chi connectivity index (χ2n) is 5.79. The quantitative estimate of drug-likeness (QED) is 0.527. The Balaban J connectivity index is 1.89. The number of halogens is 1. The number of imide groups is 1. The molecule has 1 heterocycles. The lowest BCUT2D eigenvalue weighted by atomic mass is 10.1. The van der Waals surface area contributed by atoms with Gasteiger partial charge in [0.05, 0.1) is 22.7 Å². The summed E-state index contributed by atoms with van der Waals surface area (Å²) >= 11 is 3.47. The number of benzene rings is 2. The van der Waals surface area contributed by atoms with Crippen LogP contribution in [0.2, 0.25) is 0 Å². The Labute approximate surface area is 170 Å². The van der Waals surface area contributed by atoms with Crippen LogP contribution in [-0.2, 0) is 11.4 Å². The van der Waals surface area contributed by atoms with Crippen molar-refractivity contribution >= 4 is 33.9 Å². The van der Waals surface area contributed by atoms with E-state index in [2.05, 4.69) is 32.6 Å². The van der Waals surface area contributed by atoms with Crippen LogP contribution in [0, 0.1) is 11.3 Å². The summed E-state index contributed by atoms with van der Waals surface area (Å²) in [4.78, 5) is 23.0. The summed E-state index contributed by atoms with van der Waals surface area (Å²) in [6.07, 6.45) is 1.54. The zero-order valence-corrected chi connectivity index (χ0v) is 16.5. The van der Waals surface area contributed by atoms with Crippen LogP contribution in [0.1, 0.15) is 23.6 Å². The van der Waals surface area contributed by atoms with E-state index in [-0.39, 0.29) is 12.3 Å². The normalized spacial score (nSPS) is 14.4. The van der Waals surface area contributed by atoms with Crippen LogP contribution in [-0.4, -0.2) is 18.5 Å². The SMILES string of the molecule is CCOc1cc(/C=C2/NC(=O)NC2=O)cc(Br)c1OCc1ccccc1C#N. The van der Waals surface area contributed by atoms with Crippen molar-refractivity contribution in [1.82, 2.24) is 10.6 Å². The van der Waals surface area contributed by atoms with Gasteiger partial charge >= 0.3 is 6.03 Å². The van der Waals surface area contributed by atoms with Gasteiger partial charge in [-0.15, -0.1) is 0 Å². The lowest BCUT2D eigenvalue weighted by molar-refractivity contribution is -0.115. The summed E-state index contributed by atoms with van der Waals surface area (Å²) in [5, 5.41) is 13.8. The van der Waals surface area contributed by atoms with E-state index in [0.29, 0.717) is 33.7 Å². The molecule has 2 aromatic rings. The molecule has 28 heavy (non-hydrogen) atoms. The molecule has 0 saturated carbocycles. The predicted molar refractivity (Wildman–Crippen MR) is 105 cm³/mol. The third kappa shape index (κ3) is 4.32. The second kappa shape index (κ2) is 8.59. The van der Waals surface area contributed by atoms with Crippen molar-refractivity contribution in [3.63, 3.8) is 0 Å². The first-order valence-corrected chi connectivity index (χ1v) is 9.22. The number of hydrogen-bond donors (Lipinski definition) is 2. The fraction of sp³-hybridized carbons (Fsp3) is 0.150. The highest BCUT2D eigenvalue weighted by molar-refractivity contribution is 9.10. The minimum Gasteiger partial charge on any atom is -0.490 e. The van der Waals surface area contributed by atoms with Crippen molar-refractivity contribution in [1.29, 1.82) is 5.26 Å². The highest BCUT2D eigenvalue weighted by Crippen LogP contribution is 2.38. The minimum absolute atomic E-state index is 0.149. The maximum Gasteiger partial charge on any atom is 0.326 e. The van der Waals surface area contributed by atoms with E-state index >= 15 is 0 Å². The van der Waals surface area contributed by atoms with E-state index in [1.54, 1.807) is 30.3 Å². The number of hydrogen-bond acceptors (Lipinski definition) is 5. The highest BCUT2D eigenvalue weighted by Gasteiger charge is 2.23. The molecule has 7 nitrogen and oxygen atoms in total. The van der Waals surface area contributed by atoms with Gasteiger partial charge in [-0.05, 0) is 52.7 Å². The number of carbonyl (C=O) groups excluding carboxylic acids is 2. The second-order valence-corrected chi connectivity index (χ2v) is 6.64. The zero-order valence-electron chi connectivity index (χ0n) is 14.9. The Morgan fingerprint density at radius 2 is 1.96 bits per heavy atom. The Bertz CT molecular complexity index is 1010. The number of carbonyl (C=O) groups is 2. The van der Waals surface area contributed by atoms with Crippen LogP contribution in [0.15, 0.2) is 46.6 Å². The van der Waals surface area contributed by atoms with Gasteiger partial charge in [0, 0.05) is 5.56 Å². The van der Waals surface area contributed by atoms with Crippen LogP contribution in [0.4, 0.5) is 4.79 Å². The summed E-state index contributed by atoms with van der Waals surface area (Å²) in [5.74, 6) is 0.465. The van der Waals surface area contributed by atoms with Gasteiger partial charge in [0.2, 0.25) is 0 Å². The molecule has 3 amide bonds. The number of urea groups is 1. The molecule has 0 spiro atoms. The molecular formula is C20H16BrN3O4. The molecule has 3 rings (SSSR count). The standard InChI is InChI=1S/C20H16BrN3O4/c1-2-27-17-9-12(8-16-19(25)24-20(26)23-16)7-15(21)18(17)28-11-14-6-4-3-5-13(14)10-22/h3-9H,2,11H2,1H3,(H2,23,24,25,26)/b16-8+. The van der Waals surface area contributed by atoms with Crippen molar-refractivity contribution in [2.75, 3.05) is 6.61 Å². The number of nitrogens with zero attached hydrogens (tertiary/aromatic N) is 1. The number of nitriles is 1. The Hall–Kier alpha value is -3.31. The molecule has 1 saturated heterocycles. The average molecular weight is 442 g/mol. The van der Waals surface area contributed by atoms with Gasteiger partial charge < -0.3 is 14.8 Å². The van der Waals surface area contributed by atoms with Crippen molar-refractivity contribution in [3.05, 3.63) is 63.3 Å². The van der Waals surface area contributed by atoms with Crippen LogP contribution in [0.25, 0.3) is 6.08 Å². The maximum absolute atomic E-state index is 11.7. The summed E-state index contributed by atoms with van der Waals surface area (Å²) in [6, 6.07) is 12.2. The molecule has 0 radical (unpaired) electrons. The number of nitrogens with one attached hydrogen (secondary N) is 2. The van der Waals surface area contributed by atoms with Gasteiger partial charge in [0.25, 0.3) is 5.91 Å². The summed E-state index contributed by atoms with van der Waals surface area (Å²) in [7, 11) is 0. The summed E-state index contributed by atoms with van der Waals surface area (Å²) in [5.41, 5.74) is 2.10. The van der Waals surface area contributed by atoms with Crippen molar-refractivity contribution in [2.45, 2.75) is 13.5 Å². The number of ether oxygens (including phenoxy) is 2. The van der Waals surface area contributed by atoms with Gasteiger partial charge in [-0.2, -0.15) is 5.26 Å². The third-order valence-corrected chi connectivity index (χ3v) is 4.46. The van der Waals surface area contributed by atoms with Gasteiger partial charge in [0.15, 0.2) is 11.5 Å². The van der Waals surface area contributed by atoms with Gasteiger partial charge in [-0.1, -0.05) is 18.2 Å². The molecule has 0 unspecified atom stereocenters. The first-order chi connectivity index (χ1) is 13.5. The molecule has 0 aromatic heterocycles. The monoisotopic (exact) mass is 441 g/mol. The molecule has 1 aliphatic heterocycles. The van der Waals surface area contributed by atoms with E-state index in [1.165, 1.54) is 0 Å². The van der Waals surface area contributed by atoms with Crippen molar-refractivity contribution < 1.29 is 19.1 Å². The predicted octanol–water partition coefficient (Wildman–Crippen LogP) is 3.48. The van der Waals surface area contributed by atoms with Crippen LogP contribution >= 0.6 is 15.9 Å². The Kier molecular flexibility index (Phi) is 5.96. The number of amides is 3. The first-order valence-electron chi connectivity index (χ1n) is 8.43. The lowest BCUT2D eigenvalue weighted by Gasteiger charge is -2.15. The van der Waals surface area contributed by atoms with Crippen LogP contribution < -0.4 is 20.1 Å². The zero-order chi connectivity index (χ0) is 20.1. The average Bonchev–Trinajstić information content (AvgIpc) is 2.98. The molecule has 0 aliphatic carbocycles. The molecular weight excluding hydrogens is 426 g/mol. The molecule has 0 bridgehead atoms. The Morgan fingerprint density at radius 3 is 2.64 bits per heavy atom. The molecule has 2 aromatic carbocycles. The summed E-state index contributed by atoms with van der Waals surface area (Å²) < 4.78 is 12.2. The highest BCUT2D eigenvalue weighted by atomic mass is 79.9. The lowest BCUT2D eigenvalue weighted by Crippen LogP contribution is -2.22. The maximum atomic E-state index is 11.7. The van der Waals surface area contributed by atoms with E-state index in [1.807, 2.05) is 19.1 Å². The first kappa shape index (κ1) is 19.5. The smallest absolute Gasteiger partial charge is 0.326 e. The van der Waals surface area contributed by atoms with Crippen molar-refractivity contribution in [2.24, 2.45) is 0 Å². The molecule has 2 N–H and O–H groups in total. The molecule has 142 valence electrons. The minimum atomic E-state index is -0.559. The van der Waals surface area contributed by atoms with Crippen molar-refractivity contribution in [3.8, 4) is 17.6 Å². The molecule has 0 atom stereocenters. The van der Waals surface area contributed by atoms with Gasteiger partial charge in [-0.25, -0.2) is 4.79 Å². The van der Waals surface area contributed by atoms with Crippen LogP contribution in [0.3, 0.4) is 0 Å². The van der Waals surface area contributed by atoms with E-state index in [0.717, 1.165) is 5.56 Å². The third-order valence-electron chi connectivity index (χ3n) is 3.87. The molecule has 1 fully saturated rings. The number of rotatable bonds is 6. The van der Waals surface area contributed by atoms with Gasteiger partial charge in [0.1, 0.15) is 12.3 Å². The fourth-order valence-corrected chi connectivity index (χ4v) is 3.20. The largest absolute Gasteiger partial charge is 0.490 e. The van der Waals surface area contributed by atoms with E-state index in [4.69, 9.17) is 9.47 Å². The molecule has 8 heteroatoms. The fourth-order valence-electron chi connectivity index (χ4n) is 2.63. The Morgan fingerprint density at radius 1 is 1.18 bits per heavy atom. The molecule has 1 aliphatic rings. The van der Waals surface area contributed by atoms with E-state index in [9.17, 15) is 14.9 Å². The van der Waals surface area contributed by atoms with Crippen LogP contribution in [0.5, 0.6) is 11.5 Å². The topological polar surface area (TPSA) is 100 Å².